The molecular formula is C7H12OS. The molecule has 1 atom stereocenters. The summed E-state index contributed by atoms with van der Waals surface area (Å²) in [6, 6.07) is 0. The van der Waals surface area contributed by atoms with Crippen LogP contribution in [0.5, 0.6) is 0 Å². The van der Waals surface area contributed by atoms with Gasteiger partial charge in [-0.25, -0.2) is 0 Å². The topological polar surface area (TPSA) is 17.1 Å². The maximum absolute atomic E-state index is 10.8. The molecule has 0 heterocycles. The minimum absolute atomic E-state index is 0.423. The van der Waals surface area contributed by atoms with Crippen molar-refractivity contribution < 1.29 is 4.79 Å². The van der Waals surface area contributed by atoms with Gasteiger partial charge in [0.15, 0.2) is 0 Å². The number of ketones is 1. The average Bonchev–Trinajstić information content (AvgIpc) is 1.97. The van der Waals surface area contributed by atoms with E-state index in [4.69, 9.17) is 0 Å². The van der Waals surface area contributed by atoms with E-state index in [1.165, 1.54) is 0 Å². The molecule has 9 heavy (non-hydrogen) atoms. The van der Waals surface area contributed by atoms with Gasteiger partial charge in [-0.3, -0.25) is 4.79 Å². The van der Waals surface area contributed by atoms with E-state index in [0.29, 0.717) is 11.0 Å². The molecule has 1 nitrogen and oxygen atoms in total. The molecule has 1 rings (SSSR count). The molecule has 0 aromatic rings. The quantitative estimate of drug-likeness (QED) is 0.405. The van der Waals surface area contributed by atoms with Crippen molar-refractivity contribution >= 4 is 18.4 Å². The van der Waals surface area contributed by atoms with Crippen molar-refractivity contribution in [3.05, 3.63) is 0 Å². The summed E-state index contributed by atoms with van der Waals surface area (Å²) in [6.45, 7) is 0. The van der Waals surface area contributed by atoms with Gasteiger partial charge in [0.05, 0.1) is 0 Å². The molecule has 0 bridgehead atoms. The monoisotopic (exact) mass is 144 g/mol. The molecule has 1 saturated carbocycles. The third-order valence-corrected chi connectivity index (χ3v) is 2.27. The summed E-state index contributed by atoms with van der Waals surface area (Å²) < 4.78 is 0. The highest BCUT2D eigenvalue weighted by Gasteiger charge is 2.12. The predicted octanol–water partition coefficient (Wildman–Crippen LogP) is 1.82. The fourth-order valence-electron chi connectivity index (χ4n) is 1.13. The van der Waals surface area contributed by atoms with Crippen LogP contribution in [-0.2, 0) is 4.79 Å². The van der Waals surface area contributed by atoms with Gasteiger partial charge in [0.2, 0.25) is 0 Å². The lowest BCUT2D eigenvalue weighted by Gasteiger charge is -2.01. The summed E-state index contributed by atoms with van der Waals surface area (Å²) in [6.07, 6.45) is 4.70. The van der Waals surface area contributed by atoms with Gasteiger partial charge in [-0.1, -0.05) is 0 Å². The van der Waals surface area contributed by atoms with Crippen LogP contribution in [0.15, 0.2) is 0 Å². The number of carbonyl (C=O) groups excluding carboxylic acids is 1. The first kappa shape index (κ1) is 7.13. The molecule has 0 aliphatic heterocycles. The van der Waals surface area contributed by atoms with E-state index in [1.54, 1.807) is 0 Å². The van der Waals surface area contributed by atoms with Crippen molar-refractivity contribution in [1.82, 2.24) is 0 Å². The molecule has 1 fully saturated rings. The maximum atomic E-state index is 10.8. The maximum Gasteiger partial charge on any atom is 0.132 e. The van der Waals surface area contributed by atoms with E-state index in [0.717, 1.165) is 32.1 Å². The Morgan fingerprint density at radius 2 is 2.11 bits per heavy atom. The van der Waals surface area contributed by atoms with Crippen LogP contribution in [0.2, 0.25) is 0 Å². The second-order valence-corrected chi connectivity index (χ2v) is 3.35. The molecule has 2 heteroatoms. The predicted molar refractivity (Wildman–Crippen MR) is 40.9 cm³/mol. The van der Waals surface area contributed by atoms with Gasteiger partial charge in [0, 0.05) is 18.1 Å². The van der Waals surface area contributed by atoms with Gasteiger partial charge < -0.3 is 0 Å². The van der Waals surface area contributed by atoms with E-state index in [9.17, 15) is 4.79 Å². The largest absolute Gasteiger partial charge is 0.300 e. The van der Waals surface area contributed by atoms with Gasteiger partial charge >= 0.3 is 0 Å². The first-order valence-electron chi connectivity index (χ1n) is 3.49. The lowest BCUT2D eigenvalue weighted by molar-refractivity contribution is -0.118. The summed E-state index contributed by atoms with van der Waals surface area (Å²) in [7, 11) is 0. The van der Waals surface area contributed by atoms with Crippen LogP contribution in [0, 0.1) is 0 Å². The Labute approximate surface area is 61.2 Å². The highest BCUT2D eigenvalue weighted by Crippen LogP contribution is 2.18. The SMILES string of the molecule is O=C1CCCC(S)CC1. The van der Waals surface area contributed by atoms with Gasteiger partial charge in [0.25, 0.3) is 0 Å². The minimum atomic E-state index is 0.423. The van der Waals surface area contributed by atoms with E-state index in [2.05, 4.69) is 12.6 Å². The number of hydrogen-bond acceptors (Lipinski definition) is 2. The molecule has 52 valence electrons. The molecule has 0 aromatic heterocycles. The number of carbonyl (C=O) groups is 1. The molecule has 1 unspecified atom stereocenters. The second-order valence-electron chi connectivity index (χ2n) is 2.62. The summed E-state index contributed by atoms with van der Waals surface area (Å²) in [5.41, 5.74) is 0. The lowest BCUT2D eigenvalue weighted by atomic mass is 10.2. The molecule has 0 aromatic carbocycles. The summed E-state index contributed by atoms with van der Waals surface area (Å²) in [5, 5.41) is 0.483. The first-order valence-corrected chi connectivity index (χ1v) is 4.00. The van der Waals surface area contributed by atoms with Gasteiger partial charge in [-0.15, -0.1) is 0 Å². The van der Waals surface area contributed by atoms with Crippen LogP contribution in [-0.4, -0.2) is 11.0 Å². The zero-order chi connectivity index (χ0) is 6.69. The highest BCUT2D eigenvalue weighted by molar-refractivity contribution is 7.80. The second kappa shape index (κ2) is 3.25. The van der Waals surface area contributed by atoms with Gasteiger partial charge in [-0.05, 0) is 19.3 Å². The Morgan fingerprint density at radius 1 is 1.33 bits per heavy atom. The Morgan fingerprint density at radius 3 is 2.89 bits per heavy atom. The molecule has 1 aliphatic rings. The zero-order valence-corrected chi connectivity index (χ0v) is 6.36. The number of Topliss-reactive ketones (excluding diaryl/α,β-unsaturated/α-hetero) is 1. The number of thiol groups is 1. The van der Waals surface area contributed by atoms with Crippen molar-refractivity contribution in [1.29, 1.82) is 0 Å². The summed E-state index contributed by atoms with van der Waals surface area (Å²) in [5.74, 6) is 0.423. The first-order chi connectivity index (χ1) is 4.29. The van der Waals surface area contributed by atoms with Crippen LogP contribution in [0.3, 0.4) is 0 Å². The van der Waals surface area contributed by atoms with Crippen LogP contribution in [0.25, 0.3) is 0 Å². The smallest absolute Gasteiger partial charge is 0.132 e. The number of rotatable bonds is 0. The van der Waals surface area contributed by atoms with E-state index in [-0.39, 0.29) is 0 Å². The van der Waals surface area contributed by atoms with E-state index >= 15 is 0 Å². The van der Waals surface area contributed by atoms with Crippen LogP contribution >= 0.6 is 12.6 Å². The van der Waals surface area contributed by atoms with Crippen molar-refractivity contribution in [2.75, 3.05) is 0 Å². The fraction of sp³-hybridized carbons (Fsp3) is 0.857. The third kappa shape index (κ3) is 2.39. The van der Waals surface area contributed by atoms with E-state index < -0.39 is 0 Å². The molecule has 0 spiro atoms. The van der Waals surface area contributed by atoms with Crippen LogP contribution in [0.4, 0.5) is 0 Å². The molecule has 0 N–H and O–H groups in total. The van der Waals surface area contributed by atoms with Crippen molar-refractivity contribution in [3.8, 4) is 0 Å². The van der Waals surface area contributed by atoms with Gasteiger partial charge in [0.1, 0.15) is 5.78 Å². The molecule has 0 saturated heterocycles. The Hall–Kier alpha value is 0.0200. The summed E-state index contributed by atoms with van der Waals surface area (Å²) >= 11 is 4.32. The fourth-order valence-corrected chi connectivity index (χ4v) is 1.44. The van der Waals surface area contributed by atoms with Gasteiger partial charge in [-0.2, -0.15) is 12.6 Å². The molecule has 1 aliphatic carbocycles. The van der Waals surface area contributed by atoms with Crippen LogP contribution < -0.4 is 0 Å². The average molecular weight is 144 g/mol. The standard InChI is InChI=1S/C7H12OS/c8-6-2-1-3-7(9)5-4-6/h7,9H,1-5H2. The Balaban J connectivity index is 2.34. The van der Waals surface area contributed by atoms with E-state index in [1.807, 2.05) is 0 Å². The highest BCUT2D eigenvalue weighted by atomic mass is 32.1. The molecule has 0 amide bonds. The molecule has 0 radical (unpaired) electrons. The molecular weight excluding hydrogens is 132 g/mol. The van der Waals surface area contributed by atoms with Crippen molar-refractivity contribution in [2.45, 2.75) is 37.4 Å². The normalized spacial score (nSPS) is 29.9. The third-order valence-electron chi connectivity index (χ3n) is 1.75. The summed E-state index contributed by atoms with van der Waals surface area (Å²) in [4.78, 5) is 10.8. The Bertz CT molecular complexity index is 111. The zero-order valence-electron chi connectivity index (χ0n) is 5.47. The van der Waals surface area contributed by atoms with Crippen molar-refractivity contribution in [2.24, 2.45) is 0 Å². The number of hydrogen-bond donors (Lipinski definition) is 1. The lowest BCUT2D eigenvalue weighted by Crippen LogP contribution is -1.96. The van der Waals surface area contributed by atoms with Crippen LogP contribution in [0.1, 0.15) is 32.1 Å². The van der Waals surface area contributed by atoms with Crippen molar-refractivity contribution in [3.63, 3.8) is 0 Å². The minimum Gasteiger partial charge on any atom is -0.300 e. The Kier molecular flexibility index (Phi) is 2.58.